The topological polar surface area (TPSA) is 24.9 Å². The quantitative estimate of drug-likeness (QED) is 0.641. The first kappa shape index (κ1) is 8.29. The Bertz CT molecular complexity index is 216. The van der Waals surface area contributed by atoms with E-state index in [0.717, 1.165) is 6.67 Å². The molecule has 0 amide bonds. The van der Waals surface area contributed by atoms with Crippen molar-refractivity contribution in [2.24, 2.45) is 0 Å². The molecule has 2 rings (SSSR count). The van der Waals surface area contributed by atoms with Gasteiger partial charge in [0.25, 0.3) is 0 Å². The van der Waals surface area contributed by atoms with Crippen LogP contribution in [0.4, 0.5) is 0 Å². The van der Waals surface area contributed by atoms with Crippen LogP contribution in [0.2, 0.25) is 0 Å². The smallest absolute Gasteiger partial charge is 0.169 e. The number of hydrogen-bond donors (Lipinski definition) is 0. The third kappa shape index (κ3) is 1.56. The van der Waals surface area contributed by atoms with E-state index in [4.69, 9.17) is 9.47 Å². The molecule has 0 aromatic heterocycles. The zero-order valence-electron chi connectivity index (χ0n) is 7.88. The van der Waals surface area contributed by atoms with Crippen LogP contribution in [0.5, 0.6) is 0 Å². The molecule has 2 atom stereocenters. The lowest BCUT2D eigenvalue weighted by Crippen LogP contribution is -2.38. The van der Waals surface area contributed by atoms with Gasteiger partial charge in [0.15, 0.2) is 12.5 Å². The number of nitrogens with zero attached hydrogens (tertiary/aromatic N) is 2. The molecule has 0 saturated heterocycles. The largest absolute Gasteiger partial charge is 0.477 e. The zero-order valence-corrected chi connectivity index (χ0v) is 7.88. The first-order valence-corrected chi connectivity index (χ1v) is 4.43. The Morgan fingerprint density at radius 1 is 1.00 bits per heavy atom. The summed E-state index contributed by atoms with van der Waals surface area (Å²) < 4.78 is 10.5. The van der Waals surface area contributed by atoms with Crippen molar-refractivity contribution in [1.82, 2.24) is 9.80 Å². The lowest BCUT2D eigenvalue weighted by Gasteiger charge is -2.28. The summed E-state index contributed by atoms with van der Waals surface area (Å²) in [7, 11) is 0. The van der Waals surface area contributed by atoms with Gasteiger partial charge in [-0.3, -0.25) is 0 Å². The van der Waals surface area contributed by atoms with Crippen LogP contribution < -0.4 is 0 Å². The van der Waals surface area contributed by atoms with Crippen LogP contribution in [-0.2, 0) is 9.47 Å². The molecular formula is C9H14N2O2. The highest BCUT2D eigenvalue weighted by molar-refractivity contribution is 4.89. The van der Waals surface area contributed by atoms with Gasteiger partial charge in [-0.25, -0.2) is 0 Å². The molecule has 2 aliphatic rings. The van der Waals surface area contributed by atoms with Gasteiger partial charge in [0.1, 0.15) is 12.5 Å². The Morgan fingerprint density at radius 2 is 1.46 bits per heavy atom. The minimum absolute atomic E-state index is 0.126. The lowest BCUT2D eigenvalue weighted by molar-refractivity contribution is 0.00352. The van der Waals surface area contributed by atoms with Crippen LogP contribution in [0.15, 0.2) is 24.9 Å². The van der Waals surface area contributed by atoms with Gasteiger partial charge in [-0.05, 0) is 13.8 Å². The van der Waals surface area contributed by atoms with Crippen molar-refractivity contribution in [3.63, 3.8) is 0 Å². The molecule has 4 heteroatoms. The Labute approximate surface area is 78.0 Å². The summed E-state index contributed by atoms with van der Waals surface area (Å²) in [6, 6.07) is 0. The second kappa shape index (κ2) is 3.20. The van der Waals surface area contributed by atoms with Crippen molar-refractivity contribution in [2.45, 2.75) is 26.3 Å². The highest BCUT2D eigenvalue weighted by Crippen LogP contribution is 2.16. The molecule has 0 aromatic carbocycles. The fraction of sp³-hybridized carbons (Fsp3) is 0.556. The van der Waals surface area contributed by atoms with Crippen LogP contribution in [0.3, 0.4) is 0 Å². The Hall–Kier alpha value is -1.32. The van der Waals surface area contributed by atoms with Crippen molar-refractivity contribution >= 4 is 0 Å². The summed E-state index contributed by atoms with van der Waals surface area (Å²) in [6.45, 7) is 4.84. The zero-order chi connectivity index (χ0) is 9.26. The van der Waals surface area contributed by atoms with Gasteiger partial charge in [0, 0.05) is 12.4 Å². The number of hydrogen-bond acceptors (Lipinski definition) is 4. The fourth-order valence-corrected chi connectivity index (χ4v) is 1.37. The van der Waals surface area contributed by atoms with E-state index >= 15 is 0 Å². The molecule has 72 valence electrons. The van der Waals surface area contributed by atoms with Crippen LogP contribution in [-0.4, -0.2) is 28.9 Å². The normalized spacial score (nSPS) is 30.9. The van der Waals surface area contributed by atoms with Crippen molar-refractivity contribution in [2.75, 3.05) is 6.67 Å². The summed E-state index contributed by atoms with van der Waals surface area (Å²) in [6.07, 6.45) is 7.58. The molecule has 0 radical (unpaired) electrons. The second-order valence-corrected chi connectivity index (χ2v) is 3.21. The van der Waals surface area contributed by atoms with Gasteiger partial charge in [0.2, 0.25) is 0 Å². The van der Waals surface area contributed by atoms with Crippen molar-refractivity contribution in [3.05, 3.63) is 24.9 Å². The average Bonchev–Trinajstić information content (AvgIpc) is 2.65. The van der Waals surface area contributed by atoms with E-state index in [0.29, 0.717) is 0 Å². The third-order valence-electron chi connectivity index (χ3n) is 2.32. The maximum Gasteiger partial charge on any atom is 0.169 e. The van der Waals surface area contributed by atoms with E-state index in [1.807, 2.05) is 26.2 Å². The highest BCUT2D eigenvalue weighted by atomic mass is 16.5. The third-order valence-corrected chi connectivity index (χ3v) is 2.32. The summed E-state index contributed by atoms with van der Waals surface area (Å²) in [5, 5.41) is 0. The van der Waals surface area contributed by atoms with E-state index in [-0.39, 0.29) is 12.5 Å². The first-order chi connectivity index (χ1) is 6.27. The Morgan fingerprint density at radius 3 is 1.77 bits per heavy atom. The molecule has 0 saturated carbocycles. The van der Waals surface area contributed by atoms with Gasteiger partial charge in [-0.15, -0.1) is 0 Å². The predicted molar refractivity (Wildman–Crippen MR) is 47.9 cm³/mol. The molecule has 13 heavy (non-hydrogen) atoms. The van der Waals surface area contributed by atoms with Gasteiger partial charge in [-0.1, -0.05) is 0 Å². The van der Waals surface area contributed by atoms with Gasteiger partial charge in [0.05, 0.1) is 6.67 Å². The van der Waals surface area contributed by atoms with Crippen molar-refractivity contribution in [3.8, 4) is 0 Å². The van der Waals surface area contributed by atoms with Crippen molar-refractivity contribution in [1.29, 1.82) is 0 Å². The molecule has 0 bridgehead atoms. The summed E-state index contributed by atoms with van der Waals surface area (Å²) >= 11 is 0. The lowest BCUT2D eigenvalue weighted by atomic mass is 10.5. The standard InChI is InChI=1S/C9H14N2O2/c1-8-10(3-5-12-8)7-11-4-6-13-9(11)2/h3-6,8-9H,7H2,1-2H3/t8-,9+. The highest BCUT2D eigenvalue weighted by Gasteiger charge is 2.21. The molecule has 2 heterocycles. The monoisotopic (exact) mass is 182 g/mol. The molecule has 0 fully saturated rings. The maximum absolute atomic E-state index is 5.26. The Balaban J connectivity index is 1.90. The average molecular weight is 182 g/mol. The molecular weight excluding hydrogens is 168 g/mol. The molecule has 0 aromatic rings. The maximum atomic E-state index is 5.26. The summed E-state index contributed by atoms with van der Waals surface area (Å²) in [4.78, 5) is 4.21. The second-order valence-electron chi connectivity index (χ2n) is 3.21. The van der Waals surface area contributed by atoms with Gasteiger partial charge < -0.3 is 19.3 Å². The van der Waals surface area contributed by atoms with E-state index in [1.54, 1.807) is 12.5 Å². The van der Waals surface area contributed by atoms with E-state index in [9.17, 15) is 0 Å². The number of ether oxygens (including phenoxy) is 2. The van der Waals surface area contributed by atoms with E-state index in [1.165, 1.54) is 0 Å². The molecule has 0 unspecified atom stereocenters. The predicted octanol–water partition coefficient (Wildman–Crippen LogP) is 1.24. The number of rotatable bonds is 2. The van der Waals surface area contributed by atoms with Crippen LogP contribution in [0.25, 0.3) is 0 Å². The molecule has 0 spiro atoms. The SMILES string of the molecule is C[C@@H]1OC=CN1CN1C=CO[C@@H]1C. The van der Waals surface area contributed by atoms with Crippen LogP contribution >= 0.6 is 0 Å². The molecule has 4 nitrogen and oxygen atoms in total. The summed E-state index contributed by atoms with van der Waals surface area (Å²) in [5.74, 6) is 0. The Kier molecular flexibility index (Phi) is 2.04. The van der Waals surface area contributed by atoms with Gasteiger partial charge >= 0.3 is 0 Å². The van der Waals surface area contributed by atoms with E-state index in [2.05, 4.69) is 9.80 Å². The van der Waals surface area contributed by atoms with Crippen molar-refractivity contribution < 1.29 is 9.47 Å². The molecule has 0 N–H and O–H groups in total. The van der Waals surface area contributed by atoms with Crippen LogP contribution in [0, 0.1) is 0 Å². The first-order valence-electron chi connectivity index (χ1n) is 4.43. The minimum Gasteiger partial charge on any atom is -0.477 e. The minimum atomic E-state index is 0.126. The summed E-state index contributed by atoms with van der Waals surface area (Å²) in [5.41, 5.74) is 0. The van der Waals surface area contributed by atoms with E-state index < -0.39 is 0 Å². The molecule has 2 aliphatic heterocycles. The molecule has 0 aliphatic carbocycles. The fourth-order valence-electron chi connectivity index (χ4n) is 1.37. The van der Waals surface area contributed by atoms with Gasteiger partial charge in [-0.2, -0.15) is 0 Å². The van der Waals surface area contributed by atoms with Crippen LogP contribution in [0.1, 0.15) is 13.8 Å².